The average molecular weight is 207 g/mol. The summed E-state index contributed by atoms with van der Waals surface area (Å²) in [6.07, 6.45) is 2.66. The fourth-order valence-corrected chi connectivity index (χ4v) is 2.36. The van der Waals surface area contributed by atoms with Gasteiger partial charge in [-0.1, -0.05) is 12.1 Å². The van der Waals surface area contributed by atoms with Crippen LogP contribution in [0.3, 0.4) is 0 Å². The number of benzene rings is 1. The first-order valence-corrected chi connectivity index (χ1v) is 5.30. The third kappa shape index (κ3) is 1.62. The van der Waals surface area contributed by atoms with Gasteiger partial charge in [0.15, 0.2) is 0 Å². The Labute approximate surface area is 89.9 Å². The van der Waals surface area contributed by atoms with E-state index in [2.05, 4.69) is 0 Å². The molecule has 82 valence electrons. The normalized spacial score (nSPS) is 24.7. The minimum absolute atomic E-state index is 0.271. The van der Waals surface area contributed by atoms with Crippen LogP contribution >= 0.6 is 0 Å². The molecule has 3 N–H and O–H groups in total. The summed E-state index contributed by atoms with van der Waals surface area (Å²) in [5.74, 6) is 0.860. The van der Waals surface area contributed by atoms with Crippen molar-refractivity contribution >= 4 is 0 Å². The average Bonchev–Trinajstić information content (AvgIpc) is 2.29. The highest BCUT2D eigenvalue weighted by Gasteiger charge is 2.34. The molecular formula is C12H17NO2. The lowest BCUT2D eigenvalue weighted by molar-refractivity contribution is 0.0275. The molecule has 3 nitrogen and oxygen atoms in total. The van der Waals surface area contributed by atoms with Crippen LogP contribution in [0.5, 0.6) is 5.75 Å². The number of methoxy groups -OCH3 is 1. The first-order valence-electron chi connectivity index (χ1n) is 5.30. The van der Waals surface area contributed by atoms with E-state index in [1.807, 2.05) is 18.2 Å². The number of fused-ring (bicyclic) bond motifs is 1. The molecule has 1 aliphatic rings. The lowest BCUT2D eigenvalue weighted by Gasteiger charge is -2.34. The summed E-state index contributed by atoms with van der Waals surface area (Å²) in [5, 5.41) is 10.4. The minimum atomic E-state index is -0.859. The van der Waals surface area contributed by atoms with Gasteiger partial charge in [-0.3, -0.25) is 0 Å². The van der Waals surface area contributed by atoms with Crippen LogP contribution < -0.4 is 10.5 Å². The van der Waals surface area contributed by atoms with Gasteiger partial charge in [0.25, 0.3) is 0 Å². The molecule has 0 fully saturated rings. The standard InChI is InChI=1S/C12H17NO2/c1-15-11-6-2-5-10-9(11)4-3-7-12(10,14)8-13/h2,5-6,14H,3-4,7-8,13H2,1H3. The number of aliphatic hydroxyl groups is 1. The summed E-state index contributed by atoms with van der Waals surface area (Å²) in [6.45, 7) is 0.271. The highest BCUT2D eigenvalue weighted by molar-refractivity contribution is 5.45. The van der Waals surface area contributed by atoms with E-state index in [-0.39, 0.29) is 6.54 Å². The van der Waals surface area contributed by atoms with Gasteiger partial charge in [-0.25, -0.2) is 0 Å². The Bertz CT molecular complexity index is 365. The quantitative estimate of drug-likeness (QED) is 0.765. The predicted molar refractivity (Wildman–Crippen MR) is 58.9 cm³/mol. The molecule has 2 rings (SSSR count). The van der Waals surface area contributed by atoms with Gasteiger partial charge >= 0.3 is 0 Å². The van der Waals surface area contributed by atoms with Crippen molar-refractivity contribution in [2.24, 2.45) is 5.73 Å². The van der Waals surface area contributed by atoms with Gasteiger partial charge in [-0.15, -0.1) is 0 Å². The molecule has 1 unspecified atom stereocenters. The van der Waals surface area contributed by atoms with Crippen molar-refractivity contribution in [3.63, 3.8) is 0 Å². The van der Waals surface area contributed by atoms with Crippen molar-refractivity contribution in [3.8, 4) is 5.75 Å². The van der Waals surface area contributed by atoms with Crippen LogP contribution in [0.1, 0.15) is 24.0 Å². The second-order valence-electron chi connectivity index (χ2n) is 4.08. The van der Waals surface area contributed by atoms with Gasteiger partial charge in [0.2, 0.25) is 0 Å². The van der Waals surface area contributed by atoms with Gasteiger partial charge in [-0.05, 0) is 30.9 Å². The summed E-state index contributed by atoms with van der Waals surface area (Å²) >= 11 is 0. The molecule has 1 aromatic rings. The second kappa shape index (κ2) is 3.83. The van der Waals surface area contributed by atoms with Crippen molar-refractivity contribution in [1.29, 1.82) is 0 Å². The zero-order valence-electron chi connectivity index (χ0n) is 8.99. The Hall–Kier alpha value is -1.06. The fourth-order valence-electron chi connectivity index (χ4n) is 2.36. The largest absolute Gasteiger partial charge is 0.496 e. The first kappa shape index (κ1) is 10.5. The first-order chi connectivity index (χ1) is 7.21. The van der Waals surface area contributed by atoms with Crippen LogP contribution in [-0.4, -0.2) is 18.8 Å². The summed E-state index contributed by atoms with van der Waals surface area (Å²) < 4.78 is 5.30. The summed E-state index contributed by atoms with van der Waals surface area (Å²) in [6, 6.07) is 5.79. The zero-order chi connectivity index (χ0) is 10.9. The SMILES string of the molecule is COc1cccc2c1CCCC2(O)CN. The molecule has 0 amide bonds. The van der Waals surface area contributed by atoms with E-state index in [9.17, 15) is 5.11 Å². The molecule has 3 heteroatoms. The Morgan fingerprint density at radius 1 is 1.53 bits per heavy atom. The smallest absolute Gasteiger partial charge is 0.122 e. The van der Waals surface area contributed by atoms with Crippen molar-refractivity contribution in [3.05, 3.63) is 29.3 Å². The number of hydrogen-bond acceptors (Lipinski definition) is 3. The van der Waals surface area contributed by atoms with Gasteiger partial charge in [0.1, 0.15) is 11.4 Å². The summed E-state index contributed by atoms with van der Waals surface area (Å²) in [7, 11) is 1.66. The van der Waals surface area contributed by atoms with Crippen molar-refractivity contribution in [2.75, 3.05) is 13.7 Å². The van der Waals surface area contributed by atoms with Crippen molar-refractivity contribution < 1.29 is 9.84 Å². The Balaban J connectivity index is 2.53. The molecule has 0 radical (unpaired) electrons. The monoisotopic (exact) mass is 207 g/mol. The van der Waals surface area contributed by atoms with Crippen molar-refractivity contribution in [2.45, 2.75) is 24.9 Å². The predicted octanol–water partition coefficient (Wildman–Crippen LogP) is 1.18. The molecule has 0 bridgehead atoms. The van der Waals surface area contributed by atoms with Crippen LogP contribution in [0.15, 0.2) is 18.2 Å². The van der Waals surface area contributed by atoms with Crippen LogP contribution in [-0.2, 0) is 12.0 Å². The van der Waals surface area contributed by atoms with Crippen molar-refractivity contribution in [1.82, 2.24) is 0 Å². The van der Waals surface area contributed by atoms with Gasteiger partial charge in [-0.2, -0.15) is 0 Å². The number of rotatable bonds is 2. The number of hydrogen-bond donors (Lipinski definition) is 2. The van der Waals surface area contributed by atoms with E-state index >= 15 is 0 Å². The van der Waals surface area contributed by atoms with Gasteiger partial charge in [0.05, 0.1) is 7.11 Å². The third-order valence-electron chi connectivity index (χ3n) is 3.21. The van der Waals surface area contributed by atoms with Crippen LogP contribution in [0.25, 0.3) is 0 Å². The molecule has 0 aromatic heterocycles. The number of nitrogens with two attached hydrogens (primary N) is 1. The van der Waals surface area contributed by atoms with Crippen LogP contribution in [0.4, 0.5) is 0 Å². The maximum absolute atomic E-state index is 10.4. The van der Waals surface area contributed by atoms with Crippen LogP contribution in [0, 0.1) is 0 Å². The lowest BCUT2D eigenvalue weighted by atomic mass is 9.79. The summed E-state index contributed by atoms with van der Waals surface area (Å²) in [4.78, 5) is 0. The highest BCUT2D eigenvalue weighted by atomic mass is 16.5. The van der Waals surface area contributed by atoms with Gasteiger partial charge < -0.3 is 15.6 Å². The second-order valence-corrected chi connectivity index (χ2v) is 4.08. The molecule has 0 saturated carbocycles. The fraction of sp³-hybridized carbons (Fsp3) is 0.500. The Morgan fingerprint density at radius 2 is 2.33 bits per heavy atom. The molecule has 0 spiro atoms. The molecule has 1 atom stereocenters. The zero-order valence-corrected chi connectivity index (χ0v) is 8.99. The van der Waals surface area contributed by atoms with E-state index < -0.39 is 5.60 Å². The topological polar surface area (TPSA) is 55.5 Å². The highest BCUT2D eigenvalue weighted by Crippen LogP contribution is 2.38. The lowest BCUT2D eigenvalue weighted by Crippen LogP contribution is -2.38. The van der Waals surface area contributed by atoms with Gasteiger partial charge in [0, 0.05) is 12.1 Å². The van der Waals surface area contributed by atoms with E-state index in [0.717, 1.165) is 36.1 Å². The van der Waals surface area contributed by atoms with E-state index in [1.165, 1.54) is 0 Å². The molecule has 0 heterocycles. The summed E-state index contributed by atoms with van der Waals surface area (Å²) in [5.41, 5.74) is 6.84. The Kier molecular flexibility index (Phi) is 2.67. The van der Waals surface area contributed by atoms with E-state index in [1.54, 1.807) is 7.11 Å². The molecule has 15 heavy (non-hydrogen) atoms. The molecule has 1 aromatic carbocycles. The Morgan fingerprint density at radius 3 is 3.00 bits per heavy atom. The molecular weight excluding hydrogens is 190 g/mol. The molecule has 1 aliphatic carbocycles. The number of ether oxygens (including phenoxy) is 1. The van der Waals surface area contributed by atoms with Crippen LogP contribution in [0.2, 0.25) is 0 Å². The van der Waals surface area contributed by atoms with E-state index in [4.69, 9.17) is 10.5 Å². The third-order valence-corrected chi connectivity index (χ3v) is 3.21. The minimum Gasteiger partial charge on any atom is -0.496 e. The van der Waals surface area contributed by atoms with E-state index in [0.29, 0.717) is 0 Å². The molecule has 0 saturated heterocycles. The maximum atomic E-state index is 10.4. The molecule has 0 aliphatic heterocycles. The maximum Gasteiger partial charge on any atom is 0.122 e.